The van der Waals surface area contributed by atoms with Crippen molar-refractivity contribution in [2.75, 3.05) is 13.2 Å². The monoisotopic (exact) mass is 970 g/mol. The van der Waals surface area contributed by atoms with Gasteiger partial charge in [0.2, 0.25) is 5.91 Å². The first-order chi connectivity index (χ1) is 21.6. The zero-order valence-electron chi connectivity index (χ0n) is 25.6. The van der Waals surface area contributed by atoms with Crippen molar-refractivity contribution in [2.24, 2.45) is 35.0 Å². The van der Waals surface area contributed by atoms with Crippen LogP contribution >= 0.6 is 0 Å². The summed E-state index contributed by atoms with van der Waals surface area (Å²) in [6, 6.07) is -1.35. The molecule has 8 aliphatic rings. The van der Waals surface area contributed by atoms with Gasteiger partial charge in [-0.25, -0.2) is 17.2 Å². The Bertz CT molecular complexity index is 1460. The molecule has 8 atom stereocenters. The number of nitrogens with zero attached hydrogens (tertiary/aromatic N) is 1. The van der Waals surface area contributed by atoms with Gasteiger partial charge in [0.25, 0.3) is 11.2 Å². The first kappa shape index (κ1) is 34.6. The number of hydrogen-bond donors (Lipinski definition) is 0. The van der Waals surface area contributed by atoms with Gasteiger partial charge in [-0.05, 0) is 51.9 Å². The van der Waals surface area contributed by atoms with Crippen molar-refractivity contribution >= 4 is 28.0 Å². The van der Waals surface area contributed by atoms with Crippen LogP contribution in [0.15, 0.2) is 0 Å². The molecule has 8 fully saturated rings. The molecule has 4 saturated heterocycles. The van der Waals surface area contributed by atoms with E-state index in [0.717, 1.165) is 0 Å². The van der Waals surface area contributed by atoms with Crippen LogP contribution in [0.3, 0.4) is 0 Å². The molecule has 0 radical (unpaired) electrons. The minimum atomic E-state index is -6.23. The zero-order chi connectivity index (χ0) is 34.3. The smallest absolute Gasteiger partial charge is 0.335 e. The van der Waals surface area contributed by atoms with E-state index in [1.165, 1.54) is 4.90 Å². The molecule has 0 N–H and O–H groups in total. The fourth-order valence-electron chi connectivity index (χ4n) is 9.48. The van der Waals surface area contributed by atoms with Crippen LogP contribution < -0.4 is 0 Å². The molecule has 4 aliphatic heterocycles. The van der Waals surface area contributed by atoms with Gasteiger partial charge < -0.3 is 33.1 Å². The standard InChI is InChI=1S/C28H32F6NO11S.Rf/c1-11(2)35-17-18-15(21(35)36)16(22(37)42-10-27(33,34)47(39,40)41)19(45-18)20(17)46-23(38)24-5-12-3-13(6-24)28(14(4-12)7-24)43-8-25(29,30)26(31,32)9-44-28;/h10-20H,3-9H2,1-2H3,(H,39,40,41);/q-1;/p-1. The second-order valence-corrected chi connectivity index (χ2v) is 15.7. The molecule has 0 aromatic carbocycles. The van der Waals surface area contributed by atoms with Gasteiger partial charge in [-0.1, -0.05) is 6.61 Å². The minimum absolute atomic E-state index is 0. The molecule has 0 aromatic rings. The third-order valence-corrected chi connectivity index (χ3v) is 12.0. The molecular formula is C28H31F6NO11RfS-2. The van der Waals surface area contributed by atoms with Crippen molar-refractivity contribution < 1.29 is 77.4 Å². The minimum Gasteiger partial charge on any atom is -0.746 e. The molecular weight excluding hydrogens is 939 g/mol. The number of ether oxygens (including phenoxy) is 5. The Hall–Kier alpha value is -3.22. The van der Waals surface area contributed by atoms with E-state index in [-0.39, 0.29) is 18.8 Å². The Balaban J connectivity index is 0.00000401. The van der Waals surface area contributed by atoms with Crippen LogP contribution in [-0.2, 0) is 48.2 Å². The van der Waals surface area contributed by atoms with E-state index < -0.39 is 130 Å². The summed E-state index contributed by atoms with van der Waals surface area (Å²) in [5.74, 6) is -17.8. The van der Waals surface area contributed by atoms with Crippen LogP contribution in [0.5, 0.6) is 0 Å². The number of fused-ring (bicyclic) bond motifs is 1. The van der Waals surface area contributed by atoms with Crippen LogP contribution in [0, 0.1) is 41.6 Å². The number of hydrogen-bond acceptors (Lipinski definition) is 11. The molecule has 20 heteroatoms. The predicted molar refractivity (Wildman–Crippen MR) is 137 cm³/mol. The van der Waals surface area contributed by atoms with Crippen molar-refractivity contribution in [3.05, 3.63) is 6.61 Å². The summed E-state index contributed by atoms with van der Waals surface area (Å²) in [7, 11) is -6.23. The van der Waals surface area contributed by atoms with Crippen molar-refractivity contribution in [3.63, 3.8) is 0 Å². The average Bonchev–Trinajstić information content (AvgIpc) is 3.55. The van der Waals surface area contributed by atoms with Gasteiger partial charge >= 0.3 is 17.8 Å². The van der Waals surface area contributed by atoms with E-state index in [9.17, 15) is 53.7 Å². The van der Waals surface area contributed by atoms with Gasteiger partial charge in [0.15, 0.2) is 11.9 Å². The van der Waals surface area contributed by atoms with E-state index in [2.05, 4.69) is 4.74 Å². The number of carbonyl (C=O) groups is 3. The first-order valence-electron chi connectivity index (χ1n) is 15.3. The molecule has 12 nitrogen and oxygen atoms in total. The van der Waals surface area contributed by atoms with Crippen LogP contribution in [-0.4, -0.2) is 102 Å². The second kappa shape index (κ2) is 10.4. The van der Waals surface area contributed by atoms with Crippen molar-refractivity contribution in [2.45, 2.75) is 99.2 Å². The Labute approximate surface area is 264 Å². The Morgan fingerprint density at radius 3 is 2.10 bits per heavy atom. The summed E-state index contributed by atoms with van der Waals surface area (Å²) in [6.07, 6.45) is -2.53. The fraction of sp³-hybridized carbons (Fsp3) is 0.857. The molecule has 8 rings (SSSR count). The molecule has 4 aliphatic carbocycles. The number of alkyl halides is 6. The van der Waals surface area contributed by atoms with E-state index in [1.54, 1.807) is 13.8 Å². The predicted octanol–water partition coefficient (Wildman–Crippen LogP) is 2.21. The van der Waals surface area contributed by atoms with Gasteiger partial charge in [0.05, 0.1) is 29.4 Å². The van der Waals surface area contributed by atoms with E-state index in [0.29, 0.717) is 19.3 Å². The van der Waals surface area contributed by atoms with Gasteiger partial charge in [0.1, 0.15) is 29.4 Å². The molecule has 266 valence electrons. The quantitative estimate of drug-likeness (QED) is 0.160. The Morgan fingerprint density at radius 2 is 1.58 bits per heavy atom. The average molecular weight is 971 g/mol. The third kappa shape index (κ3) is 4.57. The maximum atomic E-state index is 14.2. The van der Waals surface area contributed by atoms with E-state index in [4.69, 9.17) is 18.9 Å². The maximum Gasteiger partial charge on any atom is 0.335 e. The number of esters is 2. The number of carbonyl (C=O) groups excluding carboxylic acids is 3. The summed E-state index contributed by atoms with van der Waals surface area (Å²) in [6.45, 7) is -0.513. The molecule has 48 heavy (non-hydrogen) atoms. The van der Waals surface area contributed by atoms with Gasteiger partial charge in [-0.3, -0.25) is 14.4 Å². The van der Waals surface area contributed by atoms with Crippen LogP contribution in [0.4, 0.5) is 26.3 Å². The molecule has 8 unspecified atom stereocenters. The van der Waals surface area contributed by atoms with Crippen molar-refractivity contribution in [1.82, 2.24) is 4.90 Å². The van der Waals surface area contributed by atoms with Gasteiger partial charge in [-0.2, -0.15) is 17.6 Å². The topological polar surface area (TPSA) is 158 Å². The summed E-state index contributed by atoms with van der Waals surface area (Å²) in [4.78, 5) is 42.0. The molecule has 1 amide bonds. The maximum absolute atomic E-state index is 14.2. The zero-order valence-corrected chi connectivity index (χ0v) is 32.8. The molecule has 4 heterocycles. The van der Waals surface area contributed by atoms with Crippen LogP contribution in [0.2, 0.25) is 0 Å². The Kier molecular flexibility index (Phi) is 7.50. The van der Waals surface area contributed by atoms with Crippen molar-refractivity contribution in [1.29, 1.82) is 0 Å². The molecule has 1 spiro atoms. The number of halogens is 6. The number of amides is 1. The van der Waals surface area contributed by atoms with Gasteiger partial charge in [0, 0.05) is 17.9 Å². The molecule has 0 aromatic heterocycles. The molecule has 4 saturated carbocycles. The molecule has 6 bridgehead atoms. The Morgan fingerprint density at radius 1 is 1.02 bits per heavy atom. The summed E-state index contributed by atoms with van der Waals surface area (Å²) in [5, 5.41) is -5.06. The SMILES string of the molecule is CC(C)N1C(=O)C2C3OC(C(OC(=O)C45CC6CC(C4)C4(OCC(F)(F)C(F)(F)CO4)C(C6)C5)C31)C2C(=O)O[CH-]C(F)(F)S(=O)(=O)[O-].[Rf]. The fourth-order valence-corrected chi connectivity index (χ4v) is 9.65. The largest absolute Gasteiger partial charge is 0.746 e. The summed E-state index contributed by atoms with van der Waals surface area (Å²) in [5.41, 5.74) is -1.20. The van der Waals surface area contributed by atoms with Gasteiger partial charge in [-0.15, -0.1) is 0 Å². The van der Waals surface area contributed by atoms with E-state index >= 15 is 0 Å². The summed E-state index contributed by atoms with van der Waals surface area (Å²) < 4.78 is 144. The number of rotatable bonds is 7. The first-order valence-corrected chi connectivity index (χ1v) is 16.7. The second-order valence-electron chi connectivity index (χ2n) is 14.2. The van der Waals surface area contributed by atoms with Crippen molar-refractivity contribution in [3.8, 4) is 0 Å². The van der Waals surface area contributed by atoms with Crippen LogP contribution in [0.1, 0.15) is 46.0 Å². The van der Waals surface area contributed by atoms with E-state index in [1.807, 2.05) is 0 Å². The normalized spacial score (nSPS) is 41.4. The summed E-state index contributed by atoms with van der Waals surface area (Å²) >= 11 is 0. The van der Waals surface area contributed by atoms with Crippen LogP contribution in [0.25, 0.3) is 0 Å². The third-order valence-electron chi connectivity index (χ3n) is 11.2. The number of likely N-dealkylation sites (tertiary alicyclic amines) is 1.